The van der Waals surface area contributed by atoms with Crippen LogP contribution in [-0.4, -0.2) is 30.2 Å². The van der Waals surface area contributed by atoms with Crippen molar-refractivity contribution in [2.24, 2.45) is 5.16 Å². The van der Waals surface area contributed by atoms with E-state index in [1.165, 1.54) is 37.9 Å². The summed E-state index contributed by atoms with van der Waals surface area (Å²) in [5, 5.41) is 4.27. The fourth-order valence-corrected chi connectivity index (χ4v) is 2.50. The Bertz CT molecular complexity index is 423. The van der Waals surface area contributed by atoms with Gasteiger partial charge in [0, 0.05) is 13.0 Å². The molecule has 1 fully saturated rings. The van der Waals surface area contributed by atoms with Crippen molar-refractivity contribution in [3.05, 3.63) is 35.9 Å². The molecule has 0 bridgehead atoms. The van der Waals surface area contributed by atoms with Crippen molar-refractivity contribution >= 4 is 5.71 Å². The van der Waals surface area contributed by atoms with E-state index in [1.807, 2.05) is 39.0 Å². The zero-order valence-corrected chi connectivity index (χ0v) is 18.1. The third kappa shape index (κ3) is 10.4. The number of halogens is 1. The van der Waals surface area contributed by atoms with E-state index in [1.54, 1.807) is 0 Å². The minimum Gasteiger partial charge on any atom is -1.00 e. The first-order valence-corrected chi connectivity index (χ1v) is 8.72. The van der Waals surface area contributed by atoms with Crippen LogP contribution < -0.4 is 34.3 Å². The fraction of sp³-hybridized carbons (Fsp3) is 0.632. The van der Waals surface area contributed by atoms with Gasteiger partial charge in [-0.1, -0.05) is 55.8 Å². The molecule has 0 spiro atoms. The molecular weight excluding hydrogens is 314 g/mol. The molecule has 0 amide bonds. The van der Waals surface area contributed by atoms with E-state index in [-0.39, 0.29) is 40.4 Å². The predicted octanol–water partition coefficient (Wildman–Crippen LogP) is -0.950. The van der Waals surface area contributed by atoms with E-state index in [0.29, 0.717) is 0 Å². The Balaban J connectivity index is 0. The number of hydrogen-bond donors (Lipinski definition) is 0. The van der Waals surface area contributed by atoms with Gasteiger partial charge in [0.2, 0.25) is 0 Å². The molecule has 1 saturated heterocycles. The molecule has 132 valence electrons. The second kappa shape index (κ2) is 16.1. The maximum atomic E-state index is 5.60. The molecular formula is C19H32FN2NaO. The van der Waals surface area contributed by atoms with Crippen LogP contribution in [0.4, 0.5) is 0 Å². The molecule has 2 rings (SSSR count). The van der Waals surface area contributed by atoms with Crippen molar-refractivity contribution in [2.45, 2.75) is 59.5 Å². The number of hydrogen-bond acceptors (Lipinski definition) is 3. The van der Waals surface area contributed by atoms with Crippen molar-refractivity contribution in [1.82, 2.24) is 4.90 Å². The minimum atomic E-state index is 0. The molecule has 3 nitrogen and oxygen atoms in total. The molecule has 1 aliphatic rings. The number of piperidine rings is 1. The number of benzene rings is 1. The number of oxime groups is 1. The van der Waals surface area contributed by atoms with Crippen molar-refractivity contribution < 1.29 is 39.1 Å². The van der Waals surface area contributed by atoms with Crippen LogP contribution in [0.25, 0.3) is 0 Å². The standard InChI is InChI=1S/C17H26N2O.C2H6.FH.Na/c1-15(11-14-19-12-7-4-8-13-19)18-20-16(2)17-9-5-3-6-10-17;1-2;;/h3,5-6,9-10,16H,4,7-8,11-14H2,1-2H3;1-2H3;1H;/q;;;+1/p-1/b18-15-;;;. The van der Waals surface area contributed by atoms with Crippen molar-refractivity contribution in [2.75, 3.05) is 19.6 Å². The molecule has 0 aliphatic carbocycles. The van der Waals surface area contributed by atoms with Crippen LogP contribution in [0.1, 0.15) is 65.0 Å². The normalized spacial score (nSPS) is 15.9. The molecule has 0 radical (unpaired) electrons. The minimum absolute atomic E-state index is 0. The topological polar surface area (TPSA) is 24.8 Å². The molecule has 0 saturated carbocycles. The van der Waals surface area contributed by atoms with Gasteiger partial charge < -0.3 is 14.4 Å². The van der Waals surface area contributed by atoms with Gasteiger partial charge in [-0.15, -0.1) is 0 Å². The first-order valence-electron chi connectivity index (χ1n) is 8.72. The summed E-state index contributed by atoms with van der Waals surface area (Å²) in [5.41, 5.74) is 2.25. The summed E-state index contributed by atoms with van der Waals surface area (Å²) < 4.78 is 0. The van der Waals surface area contributed by atoms with Crippen LogP contribution >= 0.6 is 0 Å². The van der Waals surface area contributed by atoms with E-state index >= 15 is 0 Å². The zero-order chi connectivity index (χ0) is 16.2. The van der Waals surface area contributed by atoms with E-state index < -0.39 is 0 Å². The average molecular weight is 346 g/mol. The van der Waals surface area contributed by atoms with Crippen LogP contribution in [0.5, 0.6) is 0 Å². The molecule has 1 atom stereocenters. The zero-order valence-electron chi connectivity index (χ0n) is 16.1. The molecule has 1 aromatic rings. The molecule has 1 aliphatic heterocycles. The van der Waals surface area contributed by atoms with Crippen molar-refractivity contribution in [3.63, 3.8) is 0 Å². The summed E-state index contributed by atoms with van der Waals surface area (Å²) in [6.45, 7) is 11.7. The Morgan fingerprint density at radius 1 is 1.12 bits per heavy atom. The predicted molar refractivity (Wildman–Crippen MR) is 95.3 cm³/mol. The second-order valence-corrected chi connectivity index (χ2v) is 5.64. The first-order chi connectivity index (χ1) is 10.8. The smallest absolute Gasteiger partial charge is 1.00 e. The Morgan fingerprint density at radius 3 is 2.29 bits per heavy atom. The molecule has 1 unspecified atom stereocenters. The van der Waals surface area contributed by atoms with Crippen molar-refractivity contribution in [1.29, 1.82) is 0 Å². The van der Waals surface area contributed by atoms with E-state index in [9.17, 15) is 0 Å². The van der Waals surface area contributed by atoms with Gasteiger partial charge in [-0.3, -0.25) is 0 Å². The van der Waals surface area contributed by atoms with Gasteiger partial charge in [0.15, 0.2) is 0 Å². The van der Waals surface area contributed by atoms with E-state index in [4.69, 9.17) is 4.84 Å². The van der Waals surface area contributed by atoms with Crippen LogP contribution in [0.15, 0.2) is 35.5 Å². The van der Waals surface area contributed by atoms with E-state index in [2.05, 4.69) is 29.1 Å². The summed E-state index contributed by atoms with van der Waals surface area (Å²) in [5.74, 6) is 0. The van der Waals surface area contributed by atoms with Crippen LogP contribution in [-0.2, 0) is 4.84 Å². The van der Waals surface area contributed by atoms with Gasteiger partial charge in [-0.05, 0) is 45.3 Å². The quantitative estimate of drug-likeness (QED) is 0.377. The second-order valence-electron chi connectivity index (χ2n) is 5.64. The molecule has 24 heavy (non-hydrogen) atoms. The maximum Gasteiger partial charge on any atom is 1.00 e. The summed E-state index contributed by atoms with van der Waals surface area (Å²) in [4.78, 5) is 8.13. The summed E-state index contributed by atoms with van der Waals surface area (Å²) >= 11 is 0. The number of rotatable bonds is 6. The van der Waals surface area contributed by atoms with Crippen LogP contribution in [0, 0.1) is 0 Å². The molecule has 0 aromatic heterocycles. The van der Waals surface area contributed by atoms with Crippen molar-refractivity contribution in [3.8, 4) is 0 Å². The molecule has 5 heteroatoms. The Morgan fingerprint density at radius 2 is 1.71 bits per heavy atom. The third-order valence-electron chi connectivity index (χ3n) is 3.87. The fourth-order valence-electron chi connectivity index (χ4n) is 2.50. The van der Waals surface area contributed by atoms with Crippen LogP contribution in [0.3, 0.4) is 0 Å². The summed E-state index contributed by atoms with van der Waals surface area (Å²) in [6, 6.07) is 10.2. The maximum absolute atomic E-state index is 5.60. The molecule has 0 N–H and O–H groups in total. The molecule has 1 heterocycles. The monoisotopic (exact) mass is 346 g/mol. The average Bonchev–Trinajstić information content (AvgIpc) is 2.61. The largest absolute Gasteiger partial charge is 1.00 e. The third-order valence-corrected chi connectivity index (χ3v) is 3.87. The molecule has 1 aromatic carbocycles. The van der Waals surface area contributed by atoms with Gasteiger partial charge >= 0.3 is 29.6 Å². The number of nitrogens with zero attached hydrogens (tertiary/aromatic N) is 2. The Labute approximate surface area is 169 Å². The van der Waals surface area contributed by atoms with Crippen LogP contribution in [0.2, 0.25) is 0 Å². The summed E-state index contributed by atoms with van der Waals surface area (Å²) in [7, 11) is 0. The Kier molecular flexibility index (Phi) is 17.3. The van der Waals surface area contributed by atoms with Gasteiger partial charge in [0.05, 0.1) is 5.71 Å². The van der Waals surface area contributed by atoms with Gasteiger partial charge in [-0.2, -0.15) is 0 Å². The Hall–Kier alpha value is -0.420. The van der Waals surface area contributed by atoms with Gasteiger partial charge in [-0.25, -0.2) is 0 Å². The SMILES string of the molecule is C/C(CCN1CCCCC1)=N/OC(C)c1ccccc1.CC.[F-].[Na+]. The van der Waals surface area contributed by atoms with E-state index in [0.717, 1.165) is 18.7 Å². The summed E-state index contributed by atoms with van der Waals surface area (Å²) in [6.07, 6.45) is 5.10. The first kappa shape index (κ1) is 25.8. The number of likely N-dealkylation sites (tertiary alicyclic amines) is 1. The van der Waals surface area contributed by atoms with Gasteiger partial charge in [0.1, 0.15) is 6.10 Å². The van der Waals surface area contributed by atoms with Gasteiger partial charge in [0.25, 0.3) is 0 Å².